The van der Waals surface area contributed by atoms with Crippen molar-refractivity contribution < 1.29 is 9.32 Å². The van der Waals surface area contributed by atoms with Gasteiger partial charge in [-0.25, -0.2) is 9.97 Å². The van der Waals surface area contributed by atoms with Gasteiger partial charge >= 0.3 is 0 Å². The molecule has 0 saturated carbocycles. The lowest BCUT2D eigenvalue weighted by Gasteiger charge is -2.32. The zero-order valence-corrected chi connectivity index (χ0v) is 17.8. The Morgan fingerprint density at radius 1 is 1.26 bits per heavy atom. The Bertz CT molecular complexity index is 1170. The smallest absolute Gasteiger partial charge is 0.265 e. The molecule has 1 amide bonds. The van der Waals surface area contributed by atoms with Gasteiger partial charge < -0.3 is 14.0 Å². The Morgan fingerprint density at radius 2 is 2.13 bits per heavy atom. The minimum atomic E-state index is 0.0453. The fourth-order valence-electron chi connectivity index (χ4n) is 3.82. The molecule has 1 aliphatic heterocycles. The number of carbonyl (C=O) groups is 1. The SMILES string of the molecule is Cc1nc(-n2cccc2)sc1C(=O)N1CCCC(Cc2nc(-c3cnccn3)no2)C1. The number of carbonyl (C=O) groups excluding carboxylic acids is 1. The standard InChI is InChI=1S/C21H21N7O2S/c1-14-18(31-21(24-14)27-8-2-3-9-27)20(29)28-10-4-5-15(13-28)11-17-25-19(26-30-17)16-12-22-6-7-23-16/h2-3,6-9,12,15H,4-5,10-11,13H2,1H3. The van der Waals surface area contributed by atoms with Crippen LogP contribution in [0, 0.1) is 12.8 Å². The Hall–Kier alpha value is -3.40. The summed E-state index contributed by atoms with van der Waals surface area (Å²) in [5.41, 5.74) is 1.35. The number of amides is 1. The maximum Gasteiger partial charge on any atom is 0.265 e. The maximum atomic E-state index is 13.2. The van der Waals surface area contributed by atoms with Gasteiger partial charge in [0.1, 0.15) is 10.6 Å². The molecule has 5 rings (SSSR count). The van der Waals surface area contributed by atoms with Crippen molar-refractivity contribution in [2.24, 2.45) is 5.92 Å². The highest BCUT2D eigenvalue weighted by Crippen LogP contribution is 2.27. The molecule has 0 N–H and O–H groups in total. The number of piperidine rings is 1. The number of rotatable bonds is 5. The van der Waals surface area contributed by atoms with Crippen molar-refractivity contribution in [1.29, 1.82) is 0 Å². The highest BCUT2D eigenvalue weighted by Gasteiger charge is 2.28. The van der Waals surface area contributed by atoms with Crippen LogP contribution in [0.5, 0.6) is 0 Å². The molecular formula is C21H21N7O2S. The average molecular weight is 436 g/mol. The number of hydrogen-bond acceptors (Lipinski definition) is 8. The molecule has 158 valence electrons. The van der Waals surface area contributed by atoms with Crippen molar-refractivity contribution in [1.82, 2.24) is 34.6 Å². The van der Waals surface area contributed by atoms with Crippen LogP contribution in [0.3, 0.4) is 0 Å². The summed E-state index contributed by atoms with van der Waals surface area (Å²) in [6, 6.07) is 3.89. The zero-order valence-electron chi connectivity index (χ0n) is 17.0. The van der Waals surface area contributed by atoms with Crippen LogP contribution in [-0.4, -0.2) is 53.6 Å². The van der Waals surface area contributed by atoms with Gasteiger partial charge in [0.2, 0.25) is 11.7 Å². The van der Waals surface area contributed by atoms with E-state index in [0.29, 0.717) is 35.3 Å². The van der Waals surface area contributed by atoms with Gasteiger partial charge in [-0.3, -0.25) is 9.78 Å². The van der Waals surface area contributed by atoms with Crippen LogP contribution in [-0.2, 0) is 6.42 Å². The summed E-state index contributed by atoms with van der Waals surface area (Å²) in [5, 5.41) is 4.82. The molecule has 4 aromatic heterocycles. The molecule has 0 bridgehead atoms. The Balaban J connectivity index is 1.27. The Morgan fingerprint density at radius 3 is 2.94 bits per heavy atom. The Labute approximate surface area is 182 Å². The second-order valence-corrected chi connectivity index (χ2v) is 8.54. The van der Waals surface area contributed by atoms with Gasteiger partial charge in [0.25, 0.3) is 5.91 Å². The first kappa shape index (κ1) is 19.6. The molecule has 4 aromatic rings. The summed E-state index contributed by atoms with van der Waals surface area (Å²) >= 11 is 1.43. The minimum Gasteiger partial charge on any atom is -0.339 e. The molecule has 0 spiro atoms. The summed E-state index contributed by atoms with van der Waals surface area (Å²) in [6.07, 6.45) is 11.3. The summed E-state index contributed by atoms with van der Waals surface area (Å²) < 4.78 is 7.35. The third-order valence-electron chi connectivity index (χ3n) is 5.33. The van der Waals surface area contributed by atoms with Gasteiger partial charge in [0.15, 0.2) is 5.13 Å². The largest absolute Gasteiger partial charge is 0.339 e. The molecule has 0 aromatic carbocycles. The lowest BCUT2D eigenvalue weighted by atomic mass is 9.94. The first-order valence-electron chi connectivity index (χ1n) is 10.2. The van der Waals surface area contributed by atoms with E-state index in [0.717, 1.165) is 30.2 Å². The van der Waals surface area contributed by atoms with Crippen LogP contribution in [0.25, 0.3) is 16.6 Å². The fraction of sp³-hybridized carbons (Fsp3) is 0.333. The second kappa shape index (κ2) is 8.38. The number of aryl methyl sites for hydroxylation is 1. The van der Waals surface area contributed by atoms with Crippen molar-refractivity contribution in [3.05, 3.63) is 59.6 Å². The normalized spacial score (nSPS) is 16.5. The number of nitrogens with zero attached hydrogens (tertiary/aromatic N) is 7. The van der Waals surface area contributed by atoms with E-state index in [1.54, 1.807) is 18.6 Å². The molecule has 5 heterocycles. The molecule has 31 heavy (non-hydrogen) atoms. The minimum absolute atomic E-state index is 0.0453. The molecular weight excluding hydrogens is 414 g/mol. The van der Waals surface area contributed by atoms with Crippen LogP contribution in [0.1, 0.15) is 34.1 Å². The lowest BCUT2D eigenvalue weighted by Crippen LogP contribution is -2.40. The highest BCUT2D eigenvalue weighted by molar-refractivity contribution is 7.16. The third-order valence-corrected chi connectivity index (χ3v) is 6.49. The molecule has 0 radical (unpaired) electrons. The van der Waals surface area contributed by atoms with Gasteiger partial charge in [-0.05, 0) is 37.8 Å². The topological polar surface area (TPSA) is 103 Å². The van der Waals surface area contributed by atoms with Crippen molar-refractivity contribution in [2.75, 3.05) is 13.1 Å². The van der Waals surface area contributed by atoms with Gasteiger partial charge in [0.05, 0.1) is 11.9 Å². The predicted octanol–water partition coefficient (Wildman–Crippen LogP) is 3.18. The first-order valence-corrected chi connectivity index (χ1v) is 11.0. The lowest BCUT2D eigenvalue weighted by molar-refractivity contribution is 0.0672. The summed E-state index contributed by atoms with van der Waals surface area (Å²) in [4.78, 5) is 33.1. The number of hydrogen-bond donors (Lipinski definition) is 0. The van der Waals surface area contributed by atoms with Crippen molar-refractivity contribution in [2.45, 2.75) is 26.2 Å². The van der Waals surface area contributed by atoms with E-state index in [2.05, 4.69) is 25.1 Å². The van der Waals surface area contributed by atoms with Crippen molar-refractivity contribution in [3.63, 3.8) is 0 Å². The number of likely N-dealkylation sites (tertiary alicyclic amines) is 1. The second-order valence-electron chi connectivity index (χ2n) is 7.57. The predicted molar refractivity (Wildman–Crippen MR) is 114 cm³/mol. The quantitative estimate of drug-likeness (QED) is 0.474. The summed E-state index contributed by atoms with van der Waals surface area (Å²) in [5.74, 6) is 1.31. The van der Waals surface area contributed by atoms with Crippen LogP contribution >= 0.6 is 11.3 Å². The molecule has 1 unspecified atom stereocenters. The average Bonchev–Trinajstić information content (AvgIpc) is 3.55. The molecule has 0 aliphatic carbocycles. The fourth-order valence-corrected chi connectivity index (χ4v) is 4.82. The summed E-state index contributed by atoms with van der Waals surface area (Å²) in [7, 11) is 0. The van der Waals surface area contributed by atoms with Crippen LogP contribution in [0.4, 0.5) is 0 Å². The van der Waals surface area contributed by atoms with E-state index < -0.39 is 0 Å². The van der Waals surface area contributed by atoms with E-state index in [9.17, 15) is 4.79 Å². The molecule has 1 fully saturated rings. The van der Waals surface area contributed by atoms with E-state index >= 15 is 0 Å². The first-order chi connectivity index (χ1) is 15.2. The molecule has 9 nitrogen and oxygen atoms in total. The zero-order chi connectivity index (χ0) is 21.2. The third kappa shape index (κ3) is 4.11. The van der Waals surface area contributed by atoms with Crippen molar-refractivity contribution >= 4 is 17.2 Å². The van der Waals surface area contributed by atoms with Gasteiger partial charge in [-0.2, -0.15) is 4.98 Å². The Kier molecular flexibility index (Phi) is 5.29. The molecule has 1 saturated heterocycles. The van der Waals surface area contributed by atoms with E-state index in [-0.39, 0.29) is 11.8 Å². The van der Waals surface area contributed by atoms with E-state index in [4.69, 9.17) is 4.52 Å². The van der Waals surface area contributed by atoms with Gasteiger partial charge in [0, 0.05) is 44.3 Å². The molecule has 10 heteroatoms. The molecule has 1 atom stereocenters. The van der Waals surface area contributed by atoms with E-state index in [1.165, 1.54) is 11.3 Å². The number of aromatic nitrogens is 6. The highest BCUT2D eigenvalue weighted by atomic mass is 32.1. The van der Waals surface area contributed by atoms with E-state index in [1.807, 2.05) is 40.9 Å². The van der Waals surface area contributed by atoms with Crippen molar-refractivity contribution in [3.8, 4) is 16.6 Å². The van der Waals surface area contributed by atoms with Crippen LogP contribution in [0.2, 0.25) is 0 Å². The van der Waals surface area contributed by atoms with Crippen LogP contribution in [0.15, 0.2) is 47.6 Å². The van der Waals surface area contributed by atoms with Gasteiger partial charge in [-0.1, -0.05) is 16.5 Å². The van der Waals surface area contributed by atoms with Gasteiger partial charge in [-0.15, -0.1) is 0 Å². The maximum absolute atomic E-state index is 13.2. The summed E-state index contributed by atoms with van der Waals surface area (Å²) in [6.45, 7) is 3.31. The monoisotopic (exact) mass is 435 g/mol. The number of thiazole rings is 1. The molecule has 1 aliphatic rings. The van der Waals surface area contributed by atoms with Crippen LogP contribution < -0.4 is 0 Å².